The van der Waals surface area contributed by atoms with E-state index < -0.39 is 0 Å². The van der Waals surface area contributed by atoms with Crippen LogP contribution in [0.1, 0.15) is 16.8 Å². The summed E-state index contributed by atoms with van der Waals surface area (Å²) in [5.41, 5.74) is 9.97. The van der Waals surface area contributed by atoms with E-state index in [0.717, 1.165) is 17.1 Å². The second kappa shape index (κ2) is 3.96. The number of nitrogens with two attached hydrogens (primary N) is 1. The number of benzene rings is 1. The number of aryl methyl sites for hydroxylation is 2. The molecule has 3 rings (SSSR count). The summed E-state index contributed by atoms with van der Waals surface area (Å²) in [6.45, 7) is 4.62. The average molecular weight is 241 g/mol. The molecule has 1 aromatic carbocycles. The SMILES string of the molecule is Cc1ccc(-c2nc3nc(CN)cn3[nH]2)cc1C. The Hall–Kier alpha value is -2.14. The van der Waals surface area contributed by atoms with E-state index >= 15 is 0 Å². The van der Waals surface area contributed by atoms with Crippen LogP contribution in [-0.4, -0.2) is 19.6 Å². The Morgan fingerprint density at radius 1 is 1.22 bits per heavy atom. The summed E-state index contributed by atoms with van der Waals surface area (Å²) in [5.74, 6) is 1.48. The quantitative estimate of drug-likeness (QED) is 0.718. The molecule has 2 heterocycles. The number of nitrogens with zero attached hydrogens (tertiary/aromatic N) is 3. The van der Waals surface area contributed by atoms with Crippen molar-refractivity contribution in [2.75, 3.05) is 0 Å². The van der Waals surface area contributed by atoms with Crippen LogP contribution in [0.25, 0.3) is 17.2 Å². The molecule has 0 fully saturated rings. The topological polar surface area (TPSA) is 72.0 Å². The molecule has 0 bridgehead atoms. The summed E-state index contributed by atoms with van der Waals surface area (Å²) in [4.78, 5) is 8.78. The smallest absolute Gasteiger partial charge is 0.251 e. The van der Waals surface area contributed by atoms with Gasteiger partial charge in [0, 0.05) is 12.1 Å². The third kappa shape index (κ3) is 1.69. The zero-order valence-corrected chi connectivity index (χ0v) is 10.4. The molecule has 2 aromatic heterocycles. The highest BCUT2D eigenvalue weighted by Crippen LogP contribution is 2.19. The average Bonchev–Trinajstić information content (AvgIpc) is 2.90. The number of aromatic amines is 1. The molecule has 0 saturated heterocycles. The van der Waals surface area contributed by atoms with E-state index in [1.165, 1.54) is 11.1 Å². The van der Waals surface area contributed by atoms with Crippen LogP contribution in [0.3, 0.4) is 0 Å². The van der Waals surface area contributed by atoms with Gasteiger partial charge in [-0.15, -0.1) is 0 Å². The Labute approximate surface area is 105 Å². The van der Waals surface area contributed by atoms with E-state index in [2.05, 4.69) is 47.1 Å². The summed E-state index contributed by atoms with van der Waals surface area (Å²) >= 11 is 0. The standard InChI is InChI=1S/C13H15N5/c1-8-3-4-10(5-9(8)2)12-16-13-15-11(6-14)7-18(13)17-12/h3-5,7H,6,14H2,1-2H3,(H,15,16,17). The fourth-order valence-corrected chi connectivity index (χ4v) is 1.93. The third-order valence-corrected chi connectivity index (χ3v) is 3.16. The molecular formula is C13H15N5. The predicted octanol–water partition coefficient (Wildman–Crippen LogP) is 1.80. The van der Waals surface area contributed by atoms with Crippen LogP contribution in [0.15, 0.2) is 24.4 Å². The van der Waals surface area contributed by atoms with Crippen LogP contribution in [0.4, 0.5) is 0 Å². The lowest BCUT2D eigenvalue weighted by molar-refractivity contribution is 0.958. The zero-order chi connectivity index (χ0) is 12.7. The van der Waals surface area contributed by atoms with Gasteiger partial charge in [-0.05, 0) is 31.0 Å². The summed E-state index contributed by atoms with van der Waals surface area (Å²) in [6, 6.07) is 6.28. The maximum Gasteiger partial charge on any atom is 0.251 e. The van der Waals surface area contributed by atoms with Gasteiger partial charge < -0.3 is 5.73 Å². The van der Waals surface area contributed by atoms with E-state index in [1.807, 2.05) is 6.20 Å². The van der Waals surface area contributed by atoms with Gasteiger partial charge in [-0.2, -0.15) is 4.98 Å². The van der Waals surface area contributed by atoms with Gasteiger partial charge in [-0.3, -0.25) is 5.10 Å². The van der Waals surface area contributed by atoms with Gasteiger partial charge in [-0.1, -0.05) is 12.1 Å². The number of H-pyrrole nitrogens is 1. The number of rotatable bonds is 2. The first kappa shape index (κ1) is 11.0. The van der Waals surface area contributed by atoms with Crippen molar-refractivity contribution in [2.24, 2.45) is 5.73 Å². The van der Waals surface area contributed by atoms with Crippen molar-refractivity contribution in [3.05, 3.63) is 41.2 Å². The largest absolute Gasteiger partial charge is 0.325 e. The van der Waals surface area contributed by atoms with Gasteiger partial charge >= 0.3 is 0 Å². The Balaban J connectivity index is 2.07. The number of nitrogens with one attached hydrogen (secondary N) is 1. The molecular weight excluding hydrogens is 226 g/mol. The lowest BCUT2D eigenvalue weighted by Gasteiger charge is -2.01. The van der Waals surface area contributed by atoms with Crippen LogP contribution in [-0.2, 0) is 6.54 Å². The molecule has 0 spiro atoms. The maximum absolute atomic E-state index is 5.54. The molecule has 0 atom stereocenters. The highest BCUT2D eigenvalue weighted by molar-refractivity contribution is 5.59. The van der Waals surface area contributed by atoms with E-state index in [4.69, 9.17) is 5.73 Å². The molecule has 0 aliphatic carbocycles. The number of fused-ring (bicyclic) bond motifs is 1. The zero-order valence-electron chi connectivity index (χ0n) is 10.4. The number of imidazole rings is 1. The summed E-state index contributed by atoms with van der Waals surface area (Å²) in [5, 5.41) is 3.20. The highest BCUT2D eigenvalue weighted by atomic mass is 15.3. The number of hydrogen-bond acceptors (Lipinski definition) is 3. The minimum Gasteiger partial charge on any atom is -0.325 e. The van der Waals surface area contributed by atoms with Crippen LogP contribution in [0.5, 0.6) is 0 Å². The molecule has 92 valence electrons. The summed E-state index contributed by atoms with van der Waals surface area (Å²) in [7, 11) is 0. The first-order valence-electron chi connectivity index (χ1n) is 5.89. The van der Waals surface area contributed by atoms with Crippen LogP contribution >= 0.6 is 0 Å². The van der Waals surface area contributed by atoms with Crippen LogP contribution in [0, 0.1) is 13.8 Å². The van der Waals surface area contributed by atoms with E-state index in [9.17, 15) is 0 Å². The second-order valence-electron chi connectivity index (χ2n) is 4.48. The van der Waals surface area contributed by atoms with Gasteiger partial charge in [0.1, 0.15) is 0 Å². The Morgan fingerprint density at radius 3 is 2.72 bits per heavy atom. The molecule has 5 nitrogen and oxygen atoms in total. The van der Waals surface area contributed by atoms with Gasteiger partial charge in [-0.25, -0.2) is 9.50 Å². The Kier molecular flexibility index (Phi) is 2.41. The van der Waals surface area contributed by atoms with Gasteiger partial charge in [0.25, 0.3) is 5.78 Å². The lowest BCUT2D eigenvalue weighted by atomic mass is 10.1. The Morgan fingerprint density at radius 2 is 2.06 bits per heavy atom. The van der Waals surface area contributed by atoms with Crippen molar-refractivity contribution in [3.63, 3.8) is 0 Å². The molecule has 0 radical (unpaired) electrons. The van der Waals surface area contributed by atoms with E-state index in [-0.39, 0.29) is 0 Å². The molecule has 3 aromatic rings. The van der Waals surface area contributed by atoms with Gasteiger partial charge in [0.05, 0.1) is 11.9 Å². The van der Waals surface area contributed by atoms with Gasteiger partial charge in [0.15, 0.2) is 5.82 Å². The fraction of sp³-hybridized carbons (Fsp3) is 0.231. The molecule has 0 unspecified atom stereocenters. The molecule has 18 heavy (non-hydrogen) atoms. The first-order chi connectivity index (χ1) is 8.67. The predicted molar refractivity (Wildman–Crippen MR) is 70.1 cm³/mol. The highest BCUT2D eigenvalue weighted by Gasteiger charge is 2.08. The third-order valence-electron chi connectivity index (χ3n) is 3.16. The van der Waals surface area contributed by atoms with E-state index in [0.29, 0.717) is 12.3 Å². The van der Waals surface area contributed by atoms with Crippen molar-refractivity contribution in [2.45, 2.75) is 20.4 Å². The molecule has 0 saturated carbocycles. The van der Waals surface area contributed by atoms with Crippen molar-refractivity contribution < 1.29 is 0 Å². The Bertz CT molecular complexity index is 676. The summed E-state index contributed by atoms with van der Waals surface area (Å²) < 4.78 is 1.80. The van der Waals surface area contributed by atoms with Crippen molar-refractivity contribution >= 4 is 5.78 Å². The monoisotopic (exact) mass is 241 g/mol. The number of hydrogen-bond donors (Lipinski definition) is 2. The maximum atomic E-state index is 5.54. The summed E-state index contributed by atoms with van der Waals surface area (Å²) in [6.07, 6.45) is 1.87. The van der Waals surface area contributed by atoms with E-state index in [1.54, 1.807) is 4.52 Å². The normalized spacial score (nSPS) is 11.3. The molecule has 0 aliphatic heterocycles. The molecule has 0 aliphatic rings. The van der Waals surface area contributed by atoms with Crippen molar-refractivity contribution in [1.82, 2.24) is 19.6 Å². The van der Waals surface area contributed by atoms with Crippen molar-refractivity contribution in [1.29, 1.82) is 0 Å². The second-order valence-corrected chi connectivity index (χ2v) is 4.48. The first-order valence-corrected chi connectivity index (χ1v) is 5.89. The van der Waals surface area contributed by atoms with Gasteiger partial charge in [0.2, 0.25) is 0 Å². The molecule has 5 heteroatoms. The minimum absolute atomic E-state index is 0.427. The van der Waals surface area contributed by atoms with Crippen LogP contribution < -0.4 is 5.73 Å². The lowest BCUT2D eigenvalue weighted by Crippen LogP contribution is -1.96. The fourth-order valence-electron chi connectivity index (χ4n) is 1.93. The molecule has 0 amide bonds. The molecule has 3 N–H and O–H groups in total. The number of aromatic nitrogens is 4. The minimum atomic E-state index is 0.427. The van der Waals surface area contributed by atoms with Crippen LogP contribution in [0.2, 0.25) is 0 Å². The van der Waals surface area contributed by atoms with Crippen molar-refractivity contribution in [3.8, 4) is 11.4 Å².